The SMILES string of the molecule is CCN1C(=O)C(C#N)=C(C)/C(=C/c2cc3oc(/C=C/c4ccccc4)cc3s2)C1=O. The molecule has 1 aromatic carbocycles. The van der Waals surface area contributed by atoms with Gasteiger partial charge < -0.3 is 4.42 Å². The molecule has 0 fully saturated rings. The molecular formula is C24H18N2O3S. The van der Waals surface area contributed by atoms with Crippen molar-refractivity contribution >= 4 is 51.7 Å². The second-order valence-electron chi connectivity index (χ2n) is 6.79. The van der Waals surface area contributed by atoms with E-state index >= 15 is 0 Å². The first-order chi connectivity index (χ1) is 14.5. The topological polar surface area (TPSA) is 74.3 Å². The standard InChI is InChI=1S/C24H18N2O3S/c1-3-26-23(27)19(15(2)20(14-25)24(26)28)12-18-13-21-22(30-18)11-17(29-21)10-9-16-7-5-4-6-8-16/h4-13H,3H2,1-2H3/b10-9+,19-12-. The lowest BCUT2D eigenvalue weighted by molar-refractivity contribution is -0.140. The van der Waals surface area contributed by atoms with Crippen LogP contribution in [0.25, 0.3) is 28.5 Å². The normalized spacial score (nSPS) is 16.3. The van der Waals surface area contributed by atoms with Gasteiger partial charge in [-0.25, -0.2) is 0 Å². The zero-order valence-corrected chi connectivity index (χ0v) is 17.3. The van der Waals surface area contributed by atoms with E-state index in [9.17, 15) is 14.9 Å². The van der Waals surface area contributed by atoms with Gasteiger partial charge in [0.1, 0.15) is 23.0 Å². The van der Waals surface area contributed by atoms with Gasteiger partial charge in [-0.1, -0.05) is 36.4 Å². The van der Waals surface area contributed by atoms with Gasteiger partial charge in [0.2, 0.25) is 0 Å². The highest BCUT2D eigenvalue weighted by Crippen LogP contribution is 2.33. The zero-order valence-electron chi connectivity index (χ0n) is 16.5. The molecule has 4 rings (SSSR count). The molecule has 0 unspecified atom stereocenters. The van der Waals surface area contributed by atoms with Crippen molar-refractivity contribution in [1.29, 1.82) is 5.26 Å². The molecule has 0 radical (unpaired) electrons. The maximum absolute atomic E-state index is 12.7. The number of carbonyl (C=O) groups is 2. The Balaban J connectivity index is 1.66. The second kappa shape index (κ2) is 7.97. The van der Waals surface area contributed by atoms with Gasteiger partial charge in [-0.3, -0.25) is 14.5 Å². The lowest BCUT2D eigenvalue weighted by Gasteiger charge is -2.26. The quantitative estimate of drug-likeness (QED) is 0.430. The van der Waals surface area contributed by atoms with Crippen LogP contribution in [0, 0.1) is 11.3 Å². The number of fused-ring (bicyclic) bond motifs is 1. The summed E-state index contributed by atoms with van der Waals surface area (Å²) in [5.41, 5.74) is 2.60. The van der Waals surface area contributed by atoms with E-state index in [0.717, 1.165) is 31.4 Å². The number of nitrogens with zero attached hydrogens (tertiary/aromatic N) is 2. The Morgan fingerprint density at radius 1 is 1.13 bits per heavy atom. The van der Waals surface area contributed by atoms with Crippen molar-refractivity contribution in [2.24, 2.45) is 0 Å². The Bertz CT molecular complexity index is 1250. The van der Waals surface area contributed by atoms with Gasteiger partial charge in [0.15, 0.2) is 0 Å². The van der Waals surface area contributed by atoms with Crippen LogP contribution in [0.2, 0.25) is 0 Å². The summed E-state index contributed by atoms with van der Waals surface area (Å²) in [7, 11) is 0. The van der Waals surface area contributed by atoms with Crippen LogP contribution in [0.1, 0.15) is 30.0 Å². The van der Waals surface area contributed by atoms with Crippen LogP contribution in [0.3, 0.4) is 0 Å². The van der Waals surface area contributed by atoms with Gasteiger partial charge in [-0.05, 0) is 43.2 Å². The van der Waals surface area contributed by atoms with Crippen molar-refractivity contribution in [3.63, 3.8) is 0 Å². The van der Waals surface area contributed by atoms with E-state index in [1.165, 1.54) is 11.3 Å². The maximum Gasteiger partial charge on any atom is 0.271 e. The first kappa shape index (κ1) is 19.6. The minimum Gasteiger partial charge on any atom is -0.456 e. The molecule has 0 saturated heterocycles. The Morgan fingerprint density at radius 3 is 2.57 bits per heavy atom. The van der Waals surface area contributed by atoms with E-state index in [1.54, 1.807) is 19.9 Å². The number of hydrogen-bond acceptors (Lipinski definition) is 5. The molecule has 6 heteroatoms. The Labute approximate surface area is 177 Å². The fourth-order valence-corrected chi connectivity index (χ4v) is 4.30. The second-order valence-corrected chi connectivity index (χ2v) is 7.91. The minimum absolute atomic E-state index is 0.0104. The highest BCUT2D eigenvalue weighted by molar-refractivity contribution is 7.19. The lowest BCUT2D eigenvalue weighted by Crippen LogP contribution is -2.42. The summed E-state index contributed by atoms with van der Waals surface area (Å²) < 4.78 is 6.86. The lowest BCUT2D eigenvalue weighted by atomic mass is 9.95. The summed E-state index contributed by atoms with van der Waals surface area (Å²) in [5.74, 6) is -0.163. The Morgan fingerprint density at radius 2 is 1.90 bits per heavy atom. The smallest absolute Gasteiger partial charge is 0.271 e. The van der Waals surface area contributed by atoms with Crippen molar-refractivity contribution in [2.45, 2.75) is 13.8 Å². The van der Waals surface area contributed by atoms with Crippen molar-refractivity contribution < 1.29 is 14.0 Å². The van der Waals surface area contributed by atoms with Crippen LogP contribution in [0.15, 0.2) is 63.6 Å². The largest absolute Gasteiger partial charge is 0.456 e. The summed E-state index contributed by atoms with van der Waals surface area (Å²) in [6.45, 7) is 3.57. The van der Waals surface area contributed by atoms with E-state index < -0.39 is 5.91 Å². The van der Waals surface area contributed by atoms with Crippen LogP contribution in [-0.2, 0) is 9.59 Å². The zero-order chi connectivity index (χ0) is 21.3. The van der Waals surface area contributed by atoms with E-state index in [2.05, 4.69) is 0 Å². The average molecular weight is 414 g/mol. The molecule has 2 aromatic heterocycles. The first-order valence-corrected chi connectivity index (χ1v) is 10.3. The van der Waals surface area contributed by atoms with Gasteiger partial charge in [0.25, 0.3) is 11.8 Å². The Hall–Kier alpha value is -3.69. The summed E-state index contributed by atoms with van der Waals surface area (Å²) >= 11 is 1.49. The van der Waals surface area contributed by atoms with Gasteiger partial charge >= 0.3 is 0 Å². The fourth-order valence-electron chi connectivity index (χ4n) is 3.33. The molecule has 0 bridgehead atoms. The number of carbonyl (C=O) groups excluding carboxylic acids is 2. The molecule has 3 aromatic rings. The predicted octanol–water partition coefficient (Wildman–Crippen LogP) is 5.28. The third-order valence-corrected chi connectivity index (χ3v) is 5.92. The van der Waals surface area contributed by atoms with Crippen molar-refractivity contribution in [1.82, 2.24) is 4.90 Å². The third kappa shape index (κ3) is 3.51. The molecule has 30 heavy (non-hydrogen) atoms. The summed E-state index contributed by atoms with van der Waals surface area (Å²) in [6, 6.07) is 15.7. The molecule has 1 aliphatic rings. The number of benzene rings is 1. The van der Waals surface area contributed by atoms with Crippen molar-refractivity contribution in [3.05, 3.63) is 75.4 Å². The maximum atomic E-state index is 12.7. The van der Waals surface area contributed by atoms with E-state index in [0.29, 0.717) is 11.1 Å². The molecule has 148 valence electrons. The third-order valence-electron chi connectivity index (χ3n) is 4.91. The van der Waals surface area contributed by atoms with Gasteiger partial charge in [0.05, 0.1) is 4.70 Å². The monoisotopic (exact) mass is 414 g/mol. The van der Waals surface area contributed by atoms with Crippen LogP contribution in [0.5, 0.6) is 0 Å². The molecule has 1 aliphatic heterocycles. The average Bonchev–Trinajstić information content (AvgIpc) is 3.29. The summed E-state index contributed by atoms with van der Waals surface area (Å²) in [5, 5.41) is 9.35. The van der Waals surface area contributed by atoms with Crippen molar-refractivity contribution in [3.8, 4) is 6.07 Å². The number of hydrogen-bond donors (Lipinski definition) is 0. The summed E-state index contributed by atoms with van der Waals surface area (Å²) in [6.07, 6.45) is 5.63. The molecule has 2 amide bonds. The number of amides is 2. The van der Waals surface area contributed by atoms with E-state index in [4.69, 9.17) is 4.42 Å². The molecule has 0 aliphatic carbocycles. The first-order valence-electron chi connectivity index (χ1n) is 9.47. The molecule has 0 atom stereocenters. The molecule has 5 nitrogen and oxygen atoms in total. The Kier molecular flexibility index (Phi) is 5.21. The van der Waals surface area contributed by atoms with Crippen LogP contribution < -0.4 is 0 Å². The van der Waals surface area contributed by atoms with E-state index in [1.807, 2.05) is 60.7 Å². The minimum atomic E-state index is -0.533. The number of likely N-dealkylation sites (N-methyl/N-ethyl adjacent to an activating group) is 1. The van der Waals surface area contributed by atoms with Crippen LogP contribution in [-0.4, -0.2) is 23.3 Å². The highest BCUT2D eigenvalue weighted by Gasteiger charge is 2.34. The molecule has 0 N–H and O–H groups in total. The molecule has 0 spiro atoms. The fraction of sp³-hybridized carbons (Fsp3) is 0.125. The van der Waals surface area contributed by atoms with Gasteiger partial charge in [0, 0.05) is 23.1 Å². The molecule has 0 saturated carbocycles. The predicted molar refractivity (Wildman–Crippen MR) is 118 cm³/mol. The molecular weight excluding hydrogens is 396 g/mol. The number of imide groups is 1. The number of rotatable bonds is 4. The van der Waals surface area contributed by atoms with Gasteiger partial charge in [-0.15, -0.1) is 11.3 Å². The van der Waals surface area contributed by atoms with Crippen molar-refractivity contribution in [2.75, 3.05) is 6.54 Å². The number of furan rings is 1. The van der Waals surface area contributed by atoms with Crippen LogP contribution in [0.4, 0.5) is 0 Å². The molecule has 3 heterocycles. The highest BCUT2D eigenvalue weighted by atomic mass is 32.1. The number of nitriles is 1. The van der Waals surface area contributed by atoms with Gasteiger partial charge in [-0.2, -0.15) is 5.26 Å². The summed E-state index contributed by atoms with van der Waals surface area (Å²) in [4.78, 5) is 26.9. The number of thiophene rings is 1. The van der Waals surface area contributed by atoms with Crippen LogP contribution >= 0.6 is 11.3 Å². The van der Waals surface area contributed by atoms with E-state index in [-0.39, 0.29) is 18.0 Å².